The first-order chi connectivity index (χ1) is 8.66. The van der Waals surface area contributed by atoms with Gasteiger partial charge in [0.05, 0.1) is 20.6 Å². The molecule has 0 aliphatic carbocycles. The van der Waals surface area contributed by atoms with Gasteiger partial charge in [-0.2, -0.15) is 0 Å². The molecule has 1 unspecified atom stereocenters. The van der Waals surface area contributed by atoms with Crippen LogP contribution < -0.4 is 4.90 Å². The number of quaternary nitrogens is 1. The maximum absolute atomic E-state index is 12.1. The number of hydrogen-bond acceptors (Lipinski definition) is 2. The van der Waals surface area contributed by atoms with E-state index >= 15 is 0 Å². The Morgan fingerprint density at radius 1 is 1.33 bits per heavy atom. The second-order valence-electron chi connectivity index (χ2n) is 4.91. The molecule has 1 aromatic carbocycles. The third-order valence-corrected chi connectivity index (χ3v) is 3.03. The fourth-order valence-electron chi connectivity index (χ4n) is 1.91. The zero-order valence-electron chi connectivity index (χ0n) is 10.9. The Labute approximate surface area is 108 Å². The minimum atomic E-state index is -0.357. The monoisotopic (exact) mass is 248 g/mol. The normalized spacial score (nSPS) is 19.8. The Bertz CT molecular complexity index is 392. The number of nitrogens with one attached hydrogen (secondary N) is 1. The summed E-state index contributed by atoms with van der Waals surface area (Å²) in [4.78, 5) is 15.1. The molecule has 1 fully saturated rings. The van der Waals surface area contributed by atoms with Crippen molar-refractivity contribution in [1.29, 1.82) is 0 Å². The smallest absolute Gasteiger partial charge is 0.222 e. The predicted octanol–water partition coefficient (Wildman–Crippen LogP) is -0.280. The lowest BCUT2D eigenvalue weighted by Gasteiger charge is -2.23. The van der Waals surface area contributed by atoms with Crippen molar-refractivity contribution in [2.75, 3.05) is 27.2 Å². The van der Waals surface area contributed by atoms with Crippen molar-refractivity contribution >= 4 is 5.91 Å². The van der Waals surface area contributed by atoms with E-state index in [0.717, 1.165) is 12.1 Å². The van der Waals surface area contributed by atoms with Gasteiger partial charge in [-0.15, -0.1) is 6.73 Å². The van der Waals surface area contributed by atoms with Crippen molar-refractivity contribution in [3.8, 4) is 0 Å². The molecule has 0 radical (unpaired) electrons. The van der Waals surface area contributed by atoms with E-state index in [4.69, 9.17) is 4.74 Å². The maximum Gasteiger partial charge on any atom is 0.222 e. The molecule has 1 N–H and O–H groups in total. The third kappa shape index (κ3) is 3.31. The average molecular weight is 248 g/mol. The SMILES string of the molecule is C[NH+](C)CCN1[CH-]OC(Cc2ccccc2)C1=O. The van der Waals surface area contributed by atoms with Gasteiger partial charge in [0.15, 0.2) is 0 Å². The van der Waals surface area contributed by atoms with Crippen LogP contribution in [0.4, 0.5) is 0 Å². The van der Waals surface area contributed by atoms with Crippen molar-refractivity contribution in [3.63, 3.8) is 0 Å². The summed E-state index contributed by atoms with van der Waals surface area (Å²) in [5.74, 6) is 0.0695. The van der Waals surface area contributed by atoms with Crippen LogP contribution in [-0.2, 0) is 16.0 Å². The number of likely N-dealkylation sites (N-methyl/N-ethyl adjacent to an activating group) is 1. The van der Waals surface area contributed by atoms with Gasteiger partial charge in [-0.25, -0.2) is 0 Å². The van der Waals surface area contributed by atoms with Gasteiger partial charge in [-0.1, -0.05) is 30.3 Å². The molecule has 1 atom stereocenters. The van der Waals surface area contributed by atoms with Crippen molar-refractivity contribution < 1.29 is 14.4 Å². The lowest BCUT2D eigenvalue weighted by atomic mass is 10.1. The Morgan fingerprint density at radius 2 is 2.06 bits per heavy atom. The topological polar surface area (TPSA) is 34.0 Å². The average Bonchev–Trinajstić information content (AvgIpc) is 2.70. The van der Waals surface area contributed by atoms with Crippen LogP contribution in [0.15, 0.2) is 30.3 Å². The minimum Gasteiger partial charge on any atom is -0.522 e. The summed E-state index contributed by atoms with van der Waals surface area (Å²) in [5.41, 5.74) is 1.13. The van der Waals surface area contributed by atoms with Gasteiger partial charge in [0.2, 0.25) is 5.91 Å². The number of nitrogens with zero attached hydrogens (tertiary/aromatic N) is 1. The molecule has 18 heavy (non-hydrogen) atoms. The van der Waals surface area contributed by atoms with Crippen LogP contribution in [0, 0.1) is 6.73 Å². The maximum atomic E-state index is 12.1. The van der Waals surface area contributed by atoms with E-state index in [-0.39, 0.29) is 12.0 Å². The zero-order chi connectivity index (χ0) is 13.0. The van der Waals surface area contributed by atoms with Crippen LogP contribution in [0.5, 0.6) is 0 Å². The molecule has 4 heteroatoms. The van der Waals surface area contributed by atoms with Crippen molar-refractivity contribution in [2.45, 2.75) is 12.5 Å². The molecule has 1 saturated heterocycles. The molecule has 1 heterocycles. The molecule has 4 nitrogen and oxygen atoms in total. The van der Waals surface area contributed by atoms with Gasteiger partial charge in [0.1, 0.15) is 6.10 Å². The summed E-state index contributed by atoms with van der Waals surface area (Å²) >= 11 is 0. The molecule has 0 bridgehead atoms. The standard InChI is InChI=1S/C14H19N2O2/c1-15(2)8-9-16-11-18-13(14(16)17)10-12-6-4-3-5-7-12/h3-7,11,13H,8-10H2,1-2H3/q-1/p+1. The van der Waals surface area contributed by atoms with E-state index in [0.29, 0.717) is 13.0 Å². The van der Waals surface area contributed by atoms with Crippen LogP contribution in [0.1, 0.15) is 5.56 Å². The molecule has 1 aliphatic rings. The molecule has 98 valence electrons. The van der Waals surface area contributed by atoms with Crippen LogP contribution in [0.25, 0.3) is 0 Å². The van der Waals surface area contributed by atoms with Crippen LogP contribution in [0.3, 0.4) is 0 Å². The molecular formula is C14H20N2O2. The van der Waals surface area contributed by atoms with Crippen LogP contribution in [-0.4, -0.2) is 44.1 Å². The van der Waals surface area contributed by atoms with E-state index in [9.17, 15) is 4.79 Å². The summed E-state index contributed by atoms with van der Waals surface area (Å²) in [6.07, 6.45) is 0.283. The van der Waals surface area contributed by atoms with Gasteiger partial charge in [0.25, 0.3) is 0 Å². The summed E-state index contributed by atoms with van der Waals surface area (Å²) in [7, 11) is 4.14. The second kappa shape index (κ2) is 5.98. The summed E-state index contributed by atoms with van der Waals surface area (Å²) in [6.45, 7) is 3.20. The zero-order valence-corrected chi connectivity index (χ0v) is 10.9. The summed E-state index contributed by atoms with van der Waals surface area (Å²) in [5, 5.41) is 0. The Morgan fingerprint density at radius 3 is 2.72 bits per heavy atom. The van der Waals surface area contributed by atoms with Crippen LogP contribution in [0.2, 0.25) is 0 Å². The van der Waals surface area contributed by atoms with Crippen molar-refractivity contribution in [2.24, 2.45) is 0 Å². The van der Waals surface area contributed by atoms with Gasteiger partial charge in [-0.3, -0.25) is 4.79 Å². The molecular weight excluding hydrogens is 228 g/mol. The van der Waals surface area contributed by atoms with Gasteiger partial charge < -0.3 is 14.5 Å². The molecule has 1 amide bonds. The van der Waals surface area contributed by atoms with Crippen molar-refractivity contribution in [3.05, 3.63) is 42.6 Å². The Hall–Kier alpha value is -1.39. The Balaban J connectivity index is 1.87. The largest absolute Gasteiger partial charge is 0.522 e. The van der Waals surface area contributed by atoms with Crippen molar-refractivity contribution in [1.82, 2.24) is 4.90 Å². The first-order valence-corrected chi connectivity index (χ1v) is 6.29. The highest BCUT2D eigenvalue weighted by Gasteiger charge is 2.25. The first-order valence-electron chi connectivity index (χ1n) is 6.29. The minimum absolute atomic E-state index is 0.0695. The second-order valence-corrected chi connectivity index (χ2v) is 4.91. The molecule has 0 aromatic heterocycles. The molecule has 1 aromatic rings. The highest BCUT2D eigenvalue weighted by atomic mass is 16.5. The number of carbonyl (C=O) groups is 1. The number of ether oxygens (including phenoxy) is 1. The van der Waals surface area contributed by atoms with Gasteiger partial charge in [-0.05, 0) is 5.56 Å². The van der Waals surface area contributed by atoms with E-state index in [1.54, 1.807) is 11.6 Å². The number of hydrogen-bond donors (Lipinski definition) is 1. The number of carbonyl (C=O) groups excluding carboxylic acids is 1. The molecule has 1 aliphatic heterocycles. The van der Waals surface area contributed by atoms with E-state index in [1.165, 1.54) is 4.90 Å². The lowest BCUT2D eigenvalue weighted by molar-refractivity contribution is -0.857. The number of amides is 1. The fraction of sp³-hybridized carbons (Fsp3) is 0.429. The van der Waals surface area contributed by atoms with Gasteiger partial charge in [0, 0.05) is 13.0 Å². The van der Waals surface area contributed by atoms with E-state index in [1.807, 2.05) is 30.3 Å². The lowest BCUT2D eigenvalue weighted by Crippen LogP contribution is -3.06. The van der Waals surface area contributed by atoms with E-state index in [2.05, 4.69) is 14.1 Å². The fourth-order valence-corrected chi connectivity index (χ4v) is 1.91. The highest BCUT2D eigenvalue weighted by molar-refractivity contribution is 5.83. The quantitative estimate of drug-likeness (QED) is 0.727. The number of benzene rings is 1. The summed E-state index contributed by atoms with van der Waals surface area (Å²) in [6, 6.07) is 9.96. The highest BCUT2D eigenvalue weighted by Crippen LogP contribution is 2.17. The predicted molar refractivity (Wildman–Crippen MR) is 68.7 cm³/mol. The van der Waals surface area contributed by atoms with Gasteiger partial charge >= 0.3 is 0 Å². The summed E-state index contributed by atoms with van der Waals surface area (Å²) < 4.78 is 5.46. The van der Waals surface area contributed by atoms with Crippen LogP contribution >= 0.6 is 0 Å². The van der Waals surface area contributed by atoms with E-state index < -0.39 is 0 Å². The number of rotatable bonds is 5. The Kier molecular flexibility index (Phi) is 4.33. The molecule has 2 rings (SSSR count). The first kappa shape index (κ1) is 13.1. The molecule has 0 spiro atoms. The third-order valence-electron chi connectivity index (χ3n) is 3.03. The molecule has 0 saturated carbocycles.